The lowest BCUT2D eigenvalue weighted by Crippen LogP contribution is -2.43. The van der Waals surface area contributed by atoms with E-state index < -0.39 is 0 Å². The molecule has 4 heteroatoms. The number of hydrogen-bond acceptors (Lipinski definition) is 3. The van der Waals surface area contributed by atoms with Crippen LogP contribution in [0.1, 0.15) is 31.7 Å². The number of rotatable bonds is 4. The van der Waals surface area contributed by atoms with E-state index in [1.807, 2.05) is 12.4 Å². The Morgan fingerprint density at radius 3 is 2.94 bits per heavy atom. The summed E-state index contributed by atoms with van der Waals surface area (Å²) in [6.07, 6.45) is 8.65. The molecule has 1 saturated carbocycles. The van der Waals surface area contributed by atoms with Crippen LogP contribution in [0.15, 0.2) is 22.9 Å². The highest BCUT2D eigenvalue weighted by Crippen LogP contribution is 2.34. The Kier molecular flexibility index (Phi) is 4.54. The number of pyridine rings is 1. The first-order valence-electron chi connectivity index (χ1n) is 6.26. The minimum Gasteiger partial charge on any atom is -0.271 e. The van der Waals surface area contributed by atoms with Gasteiger partial charge >= 0.3 is 0 Å². The first kappa shape index (κ1) is 13.0. The van der Waals surface area contributed by atoms with Crippen molar-refractivity contribution < 1.29 is 0 Å². The average Bonchev–Trinajstić information content (AvgIpc) is 2.72. The van der Waals surface area contributed by atoms with E-state index in [0.717, 1.165) is 16.8 Å². The Bertz CT molecular complexity index is 369. The van der Waals surface area contributed by atoms with Gasteiger partial charge in [-0.15, -0.1) is 0 Å². The van der Waals surface area contributed by atoms with Gasteiger partial charge in [-0.05, 0) is 52.2 Å². The molecule has 1 aliphatic rings. The molecular weight excluding hydrogens is 278 g/mol. The van der Waals surface area contributed by atoms with E-state index in [1.165, 1.54) is 24.8 Å². The maximum atomic E-state index is 5.72. The van der Waals surface area contributed by atoms with Crippen LogP contribution in [0, 0.1) is 11.8 Å². The van der Waals surface area contributed by atoms with E-state index in [1.54, 1.807) is 0 Å². The van der Waals surface area contributed by atoms with Crippen LogP contribution < -0.4 is 11.3 Å². The Morgan fingerprint density at radius 2 is 2.35 bits per heavy atom. The van der Waals surface area contributed by atoms with Crippen molar-refractivity contribution in [3.8, 4) is 0 Å². The maximum absolute atomic E-state index is 5.72. The smallest absolute Gasteiger partial charge is 0.0410 e. The van der Waals surface area contributed by atoms with Crippen LogP contribution >= 0.6 is 15.9 Å². The van der Waals surface area contributed by atoms with Crippen molar-refractivity contribution >= 4 is 15.9 Å². The van der Waals surface area contributed by atoms with Gasteiger partial charge in [0.25, 0.3) is 0 Å². The van der Waals surface area contributed by atoms with Crippen LogP contribution in [0.25, 0.3) is 0 Å². The van der Waals surface area contributed by atoms with Crippen LogP contribution in [-0.4, -0.2) is 11.0 Å². The number of nitrogens with two attached hydrogens (primary N) is 1. The third-order valence-corrected chi connectivity index (χ3v) is 4.31. The second-order valence-corrected chi connectivity index (χ2v) is 5.98. The van der Waals surface area contributed by atoms with Crippen LogP contribution in [0.3, 0.4) is 0 Å². The predicted octanol–water partition coefficient (Wildman–Crippen LogP) is 2.65. The molecule has 0 saturated heterocycles. The summed E-state index contributed by atoms with van der Waals surface area (Å²) >= 11 is 3.46. The Balaban J connectivity index is 2.04. The average molecular weight is 298 g/mol. The summed E-state index contributed by atoms with van der Waals surface area (Å²) in [6, 6.07) is 2.49. The summed E-state index contributed by atoms with van der Waals surface area (Å²) in [5.74, 6) is 7.19. The molecule has 1 heterocycles. The summed E-state index contributed by atoms with van der Waals surface area (Å²) in [4.78, 5) is 4.20. The minimum absolute atomic E-state index is 0.364. The zero-order valence-electron chi connectivity index (χ0n) is 10.2. The fourth-order valence-corrected chi connectivity index (χ4v) is 3.34. The molecule has 3 atom stereocenters. The molecule has 0 amide bonds. The molecule has 0 aliphatic heterocycles. The van der Waals surface area contributed by atoms with Crippen LogP contribution in [0.4, 0.5) is 0 Å². The monoisotopic (exact) mass is 297 g/mol. The first-order chi connectivity index (χ1) is 8.20. The topological polar surface area (TPSA) is 50.9 Å². The first-order valence-corrected chi connectivity index (χ1v) is 7.05. The highest BCUT2D eigenvalue weighted by Gasteiger charge is 2.30. The molecule has 0 bridgehead atoms. The Labute approximate surface area is 111 Å². The molecule has 0 radical (unpaired) electrons. The van der Waals surface area contributed by atoms with Gasteiger partial charge in [0.2, 0.25) is 0 Å². The number of nitrogens with one attached hydrogen (secondary N) is 1. The molecule has 1 aromatic rings. The van der Waals surface area contributed by atoms with Gasteiger partial charge in [-0.1, -0.05) is 19.8 Å². The molecule has 3 N–H and O–H groups in total. The van der Waals surface area contributed by atoms with E-state index >= 15 is 0 Å². The van der Waals surface area contributed by atoms with Crippen molar-refractivity contribution in [1.82, 2.24) is 10.4 Å². The zero-order chi connectivity index (χ0) is 12.3. The molecule has 2 rings (SSSR count). The van der Waals surface area contributed by atoms with Gasteiger partial charge in [0.05, 0.1) is 0 Å². The number of hydrazine groups is 1. The maximum Gasteiger partial charge on any atom is 0.0410 e. The number of aromatic nitrogens is 1. The van der Waals surface area contributed by atoms with Crippen molar-refractivity contribution in [1.29, 1.82) is 0 Å². The minimum atomic E-state index is 0.364. The third kappa shape index (κ3) is 3.27. The summed E-state index contributed by atoms with van der Waals surface area (Å²) in [5, 5.41) is 0. The molecule has 17 heavy (non-hydrogen) atoms. The van der Waals surface area contributed by atoms with Gasteiger partial charge in [0, 0.05) is 22.9 Å². The lowest BCUT2D eigenvalue weighted by atomic mass is 9.87. The quantitative estimate of drug-likeness (QED) is 0.664. The molecule has 0 aromatic carbocycles. The van der Waals surface area contributed by atoms with Crippen LogP contribution in [-0.2, 0) is 6.42 Å². The van der Waals surface area contributed by atoms with Crippen molar-refractivity contribution in [2.45, 2.75) is 38.6 Å². The highest BCUT2D eigenvalue weighted by molar-refractivity contribution is 9.10. The molecular formula is C13H20BrN3. The molecule has 0 spiro atoms. The van der Waals surface area contributed by atoms with Gasteiger partial charge in [-0.2, -0.15) is 0 Å². The van der Waals surface area contributed by atoms with Gasteiger partial charge in [-0.25, -0.2) is 0 Å². The lowest BCUT2D eigenvalue weighted by Gasteiger charge is -2.26. The van der Waals surface area contributed by atoms with Gasteiger partial charge < -0.3 is 0 Å². The van der Waals surface area contributed by atoms with Crippen molar-refractivity contribution in [3.05, 3.63) is 28.5 Å². The second kappa shape index (κ2) is 5.94. The number of halogens is 1. The highest BCUT2D eigenvalue weighted by atomic mass is 79.9. The SMILES string of the molecule is CC1CCCC1C(Cc1cncc(Br)c1)NN. The molecule has 1 aliphatic carbocycles. The van der Waals surface area contributed by atoms with Gasteiger partial charge in [0.15, 0.2) is 0 Å². The fraction of sp³-hybridized carbons (Fsp3) is 0.615. The van der Waals surface area contributed by atoms with Crippen LogP contribution in [0.5, 0.6) is 0 Å². The van der Waals surface area contributed by atoms with Gasteiger partial charge in [0.1, 0.15) is 0 Å². The summed E-state index contributed by atoms with van der Waals surface area (Å²) in [6.45, 7) is 2.33. The van der Waals surface area contributed by atoms with Crippen LogP contribution in [0.2, 0.25) is 0 Å². The van der Waals surface area contributed by atoms with E-state index in [4.69, 9.17) is 5.84 Å². The largest absolute Gasteiger partial charge is 0.271 e. The Morgan fingerprint density at radius 1 is 1.53 bits per heavy atom. The fourth-order valence-electron chi connectivity index (χ4n) is 2.93. The second-order valence-electron chi connectivity index (χ2n) is 5.06. The van der Waals surface area contributed by atoms with Crippen molar-refractivity contribution in [3.63, 3.8) is 0 Å². The van der Waals surface area contributed by atoms with E-state index in [2.05, 4.69) is 39.3 Å². The van der Waals surface area contributed by atoms with Crippen molar-refractivity contribution in [2.75, 3.05) is 0 Å². The Hall–Kier alpha value is -0.450. The number of hydrogen-bond donors (Lipinski definition) is 2. The third-order valence-electron chi connectivity index (χ3n) is 3.88. The predicted molar refractivity (Wildman–Crippen MR) is 73.3 cm³/mol. The summed E-state index contributed by atoms with van der Waals surface area (Å²) in [7, 11) is 0. The van der Waals surface area contributed by atoms with Crippen molar-refractivity contribution in [2.24, 2.45) is 17.7 Å². The van der Waals surface area contributed by atoms with Gasteiger partial charge in [-0.3, -0.25) is 16.3 Å². The van der Waals surface area contributed by atoms with E-state index in [-0.39, 0.29) is 0 Å². The lowest BCUT2D eigenvalue weighted by molar-refractivity contribution is 0.297. The zero-order valence-corrected chi connectivity index (χ0v) is 11.8. The normalized spacial score (nSPS) is 26.1. The van der Waals surface area contributed by atoms with E-state index in [9.17, 15) is 0 Å². The molecule has 94 valence electrons. The molecule has 1 fully saturated rings. The molecule has 3 unspecified atom stereocenters. The summed E-state index contributed by atoms with van der Waals surface area (Å²) in [5.41, 5.74) is 4.24. The molecule has 3 nitrogen and oxygen atoms in total. The standard InChI is InChI=1S/C13H20BrN3/c1-9-3-2-4-12(9)13(17-15)6-10-5-11(14)8-16-7-10/h5,7-9,12-13,17H,2-4,6,15H2,1H3. The molecule has 1 aromatic heterocycles. The van der Waals surface area contributed by atoms with E-state index in [0.29, 0.717) is 12.0 Å². The number of nitrogens with zero attached hydrogens (tertiary/aromatic N) is 1. The summed E-state index contributed by atoms with van der Waals surface area (Å²) < 4.78 is 1.03.